The molecule has 1 aliphatic rings. The summed E-state index contributed by atoms with van der Waals surface area (Å²) in [5, 5.41) is 7.43. The first kappa shape index (κ1) is 18.9. The molecule has 1 N–H and O–H groups in total. The van der Waals surface area contributed by atoms with Crippen LogP contribution in [0.5, 0.6) is 0 Å². The van der Waals surface area contributed by atoms with E-state index in [4.69, 9.17) is 4.74 Å². The number of carbonyl (C=O) groups is 2. The summed E-state index contributed by atoms with van der Waals surface area (Å²) in [6.07, 6.45) is -0.227. The summed E-state index contributed by atoms with van der Waals surface area (Å²) in [6, 6.07) is 15.0. The van der Waals surface area contributed by atoms with Gasteiger partial charge in [-0.3, -0.25) is 14.4 Å². The number of fused-ring (bicyclic) bond motifs is 2. The Hall–Kier alpha value is -3.48. The molecule has 0 saturated carbocycles. The first-order chi connectivity index (χ1) is 14.0. The molecule has 29 heavy (non-hydrogen) atoms. The van der Waals surface area contributed by atoms with E-state index in [0.717, 1.165) is 12.0 Å². The minimum atomic E-state index is -0.887. The van der Waals surface area contributed by atoms with Crippen LogP contribution in [0.15, 0.2) is 53.3 Å². The number of benzene rings is 2. The van der Waals surface area contributed by atoms with E-state index in [1.165, 1.54) is 5.56 Å². The van der Waals surface area contributed by atoms with E-state index < -0.39 is 12.1 Å². The van der Waals surface area contributed by atoms with Crippen molar-refractivity contribution in [2.24, 2.45) is 0 Å². The quantitative estimate of drug-likeness (QED) is 0.687. The van der Waals surface area contributed by atoms with E-state index in [-0.39, 0.29) is 17.9 Å². The van der Waals surface area contributed by atoms with Crippen molar-refractivity contribution in [3.63, 3.8) is 0 Å². The highest BCUT2D eigenvalue weighted by Crippen LogP contribution is 2.20. The highest BCUT2D eigenvalue weighted by atomic mass is 16.5. The second-order valence-corrected chi connectivity index (χ2v) is 7.13. The van der Waals surface area contributed by atoms with E-state index >= 15 is 0 Å². The Kier molecular flexibility index (Phi) is 5.12. The molecule has 0 aliphatic carbocycles. The summed E-state index contributed by atoms with van der Waals surface area (Å²) in [5.41, 5.74) is 2.47. The Bertz CT molecular complexity index is 1140. The lowest BCUT2D eigenvalue weighted by molar-refractivity contribution is -0.159. The fraction of sp³-hybridized carbons (Fsp3) is 0.273. The SMILES string of the molecule is CC(OC(=O)Cc1n[nH]c(=O)c2ccccc12)C(=O)N1CCc2ccccc2C1. The Morgan fingerprint density at radius 3 is 2.59 bits per heavy atom. The van der Waals surface area contributed by atoms with Crippen LogP contribution in [0.3, 0.4) is 0 Å². The number of esters is 1. The summed E-state index contributed by atoms with van der Waals surface area (Å²) >= 11 is 0. The van der Waals surface area contributed by atoms with Crippen molar-refractivity contribution in [3.8, 4) is 0 Å². The van der Waals surface area contributed by atoms with Gasteiger partial charge in [0, 0.05) is 18.5 Å². The maximum absolute atomic E-state index is 12.7. The molecular weight excluding hydrogens is 370 g/mol. The fourth-order valence-corrected chi connectivity index (χ4v) is 3.67. The number of hydrogen-bond acceptors (Lipinski definition) is 5. The number of nitrogens with one attached hydrogen (secondary N) is 1. The standard InChI is InChI=1S/C22H21N3O4/c1-14(22(28)25-11-10-15-6-2-3-7-16(15)13-25)29-20(26)12-19-17-8-4-5-9-18(17)21(27)24-23-19/h2-9,14H,10-13H2,1H3,(H,24,27). The van der Waals surface area contributed by atoms with Crippen molar-refractivity contribution in [1.82, 2.24) is 15.1 Å². The van der Waals surface area contributed by atoms with E-state index in [9.17, 15) is 14.4 Å². The minimum absolute atomic E-state index is 0.127. The summed E-state index contributed by atoms with van der Waals surface area (Å²) in [7, 11) is 0. The number of carbonyl (C=O) groups excluding carboxylic acids is 2. The van der Waals surface area contributed by atoms with Crippen LogP contribution in [-0.2, 0) is 33.7 Å². The van der Waals surface area contributed by atoms with Gasteiger partial charge in [0.05, 0.1) is 17.5 Å². The summed E-state index contributed by atoms with van der Waals surface area (Å²) in [4.78, 5) is 38.7. The van der Waals surface area contributed by atoms with E-state index in [2.05, 4.69) is 16.3 Å². The van der Waals surface area contributed by atoms with Crippen LogP contribution >= 0.6 is 0 Å². The van der Waals surface area contributed by atoms with Gasteiger partial charge in [0.1, 0.15) is 0 Å². The van der Waals surface area contributed by atoms with Crippen LogP contribution in [0.25, 0.3) is 10.8 Å². The Labute approximate surface area is 167 Å². The van der Waals surface area contributed by atoms with Crippen LogP contribution < -0.4 is 5.56 Å². The molecule has 0 saturated heterocycles. The largest absolute Gasteiger partial charge is 0.452 e. The fourth-order valence-electron chi connectivity index (χ4n) is 3.67. The van der Waals surface area contributed by atoms with Crippen molar-refractivity contribution in [3.05, 3.63) is 75.7 Å². The maximum Gasteiger partial charge on any atom is 0.312 e. The molecule has 1 aliphatic heterocycles. The number of rotatable bonds is 4. The predicted octanol–water partition coefficient (Wildman–Crippen LogP) is 1.98. The zero-order valence-corrected chi connectivity index (χ0v) is 16.1. The average Bonchev–Trinajstić information content (AvgIpc) is 2.75. The highest BCUT2D eigenvalue weighted by Gasteiger charge is 2.27. The third-order valence-electron chi connectivity index (χ3n) is 5.19. The highest BCUT2D eigenvalue weighted by molar-refractivity contribution is 5.88. The molecule has 1 atom stereocenters. The van der Waals surface area contributed by atoms with Gasteiger partial charge in [0.2, 0.25) is 0 Å². The summed E-state index contributed by atoms with van der Waals surface area (Å²) < 4.78 is 5.37. The van der Waals surface area contributed by atoms with Crippen molar-refractivity contribution in [2.75, 3.05) is 6.54 Å². The molecule has 2 heterocycles. The molecule has 1 unspecified atom stereocenters. The van der Waals surface area contributed by atoms with Gasteiger partial charge in [-0.15, -0.1) is 0 Å². The average molecular weight is 391 g/mol. The number of hydrogen-bond donors (Lipinski definition) is 1. The second kappa shape index (κ2) is 7.87. The number of nitrogens with zero attached hydrogens (tertiary/aromatic N) is 2. The van der Waals surface area contributed by atoms with Gasteiger partial charge in [0.15, 0.2) is 6.10 Å². The summed E-state index contributed by atoms with van der Waals surface area (Å²) in [6.45, 7) is 2.70. The first-order valence-electron chi connectivity index (χ1n) is 9.54. The molecule has 1 aromatic heterocycles. The third-order valence-corrected chi connectivity index (χ3v) is 5.19. The molecule has 7 heteroatoms. The number of H-pyrrole nitrogens is 1. The maximum atomic E-state index is 12.7. The lowest BCUT2D eigenvalue weighted by atomic mass is 9.99. The molecule has 3 aromatic rings. The molecule has 0 bridgehead atoms. The van der Waals surface area contributed by atoms with E-state index in [1.54, 1.807) is 36.1 Å². The van der Waals surface area contributed by atoms with Crippen LogP contribution in [0.2, 0.25) is 0 Å². The third kappa shape index (κ3) is 3.89. The zero-order chi connectivity index (χ0) is 20.4. The van der Waals surface area contributed by atoms with Crippen molar-refractivity contribution < 1.29 is 14.3 Å². The number of aromatic nitrogens is 2. The number of amides is 1. The zero-order valence-electron chi connectivity index (χ0n) is 16.1. The van der Waals surface area contributed by atoms with Crippen molar-refractivity contribution >= 4 is 22.6 Å². The van der Waals surface area contributed by atoms with Gasteiger partial charge in [0.25, 0.3) is 11.5 Å². The van der Waals surface area contributed by atoms with Crippen LogP contribution in [0.1, 0.15) is 23.7 Å². The van der Waals surface area contributed by atoms with E-state index in [0.29, 0.717) is 29.6 Å². The Morgan fingerprint density at radius 2 is 1.79 bits per heavy atom. The summed E-state index contributed by atoms with van der Waals surface area (Å²) in [5.74, 6) is -0.778. The molecule has 148 valence electrons. The van der Waals surface area contributed by atoms with Gasteiger partial charge < -0.3 is 9.64 Å². The first-order valence-corrected chi connectivity index (χ1v) is 9.54. The van der Waals surface area contributed by atoms with Crippen molar-refractivity contribution in [1.29, 1.82) is 0 Å². The molecular formula is C22H21N3O4. The van der Waals surface area contributed by atoms with Gasteiger partial charge in [-0.1, -0.05) is 42.5 Å². The molecule has 0 fully saturated rings. The Balaban J connectivity index is 1.42. The smallest absolute Gasteiger partial charge is 0.312 e. The van der Waals surface area contributed by atoms with Crippen LogP contribution in [0, 0.1) is 0 Å². The number of aromatic amines is 1. The van der Waals surface area contributed by atoms with Crippen molar-refractivity contribution in [2.45, 2.75) is 32.4 Å². The molecule has 7 nitrogen and oxygen atoms in total. The number of ether oxygens (including phenoxy) is 1. The van der Waals surface area contributed by atoms with Gasteiger partial charge >= 0.3 is 5.97 Å². The molecule has 0 radical (unpaired) electrons. The van der Waals surface area contributed by atoms with Gasteiger partial charge in [-0.05, 0) is 30.5 Å². The second-order valence-electron chi connectivity index (χ2n) is 7.13. The van der Waals surface area contributed by atoms with E-state index in [1.807, 2.05) is 18.2 Å². The molecule has 2 aromatic carbocycles. The van der Waals surface area contributed by atoms with Gasteiger partial charge in [-0.2, -0.15) is 5.10 Å². The monoisotopic (exact) mass is 391 g/mol. The van der Waals surface area contributed by atoms with Gasteiger partial charge in [-0.25, -0.2) is 5.10 Å². The lowest BCUT2D eigenvalue weighted by Crippen LogP contribution is -2.42. The molecule has 1 amide bonds. The topological polar surface area (TPSA) is 92.4 Å². The lowest BCUT2D eigenvalue weighted by Gasteiger charge is -2.30. The van der Waals surface area contributed by atoms with Crippen LogP contribution in [-0.4, -0.2) is 39.6 Å². The predicted molar refractivity (Wildman–Crippen MR) is 107 cm³/mol. The normalized spacial score (nSPS) is 14.3. The Morgan fingerprint density at radius 1 is 1.10 bits per heavy atom. The van der Waals surface area contributed by atoms with Crippen LogP contribution in [0.4, 0.5) is 0 Å². The molecule has 0 spiro atoms. The minimum Gasteiger partial charge on any atom is -0.452 e. The molecule has 4 rings (SSSR count).